The van der Waals surface area contributed by atoms with Crippen molar-refractivity contribution >= 4 is 11.6 Å². The van der Waals surface area contributed by atoms with Crippen LogP contribution in [0.5, 0.6) is 0 Å². The lowest BCUT2D eigenvalue weighted by Crippen LogP contribution is -2.01. The highest BCUT2D eigenvalue weighted by molar-refractivity contribution is 6.18. The van der Waals surface area contributed by atoms with E-state index < -0.39 is 0 Å². The molecule has 0 aliphatic heterocycles. The van der Waals surface area contributed by atoms with Crippen LogP contribution in [0.2, 0.25) is 0 Å². The molecular weight excluding hydrogens is 192 g/mol. The van der Waals surface area contributed by atoms with Crippen LogP contribution in [0.4, 0.5) is 0 Å². The van der Waals surface area contributed by atoms with Gasteiger partial charge in [0, 0.05) is 5.88 Å². The minimum Gasteiger partial charge on any atom is -0.126 e. The van der Waals surface area contributed by atoms with E-state index in [4.69, 9.17) is 11.6 Å². The molecule has 1 unspecified atom stereocenters. The number of hydrogen-bond donors (Lipinski definition) is 0. The van der Waals surface area contributed by atoms with E-state index in [1.54, 1.807) is 0 Å². The topological polar surface area (TPSA) is 0 Å². The number of alkyl halides is 1. The SMILES string of the molecule is CCCCCCCCC(CCl)CCC. The van der Waals surface area contributed by atoms with E-state index in [1.807, 2.05) is 0 Å². The second kappa shape index (κ2) is 11.4. The van der Waals surface area contributed by atoms with Crippen molar-refractivity contribution in [3.63, 3.8) is 0 Å². The predicted molar refractivity (Wildman–Crippen MR) is 67.1 cm³/mol. The molecule has 14 heavy (non-hydrogen) atoms. The normalized spacial score (nSPS) is 13.1. The Morgan fingerprint density at radius 2 is 1.43 bits per heavy atom. The lowest BCUT2D eigenvalue weighted by atomic mass is 9.98. The molecule has 0 saturated carbocycles. The molecule has 0 bridgehead atoms. The maximum Gasteiger partial charge on any atom is 0.0251 e. The molecule has 0 heterocycles. The zero-order chi connectivity index (χ0) is 10.6. The molecule has 0 nitrogen and oxygen atoms in total. The highest BCUT2D eigenvalue weighted by atomic mass is 35.5. The highest BCUT2D eigenvalue weighted by Gasteiger charge is 2.04. The van der Waals surface area contributed by atoms with Crippen LogP contribution in [0.3, 0.4) is 0 Å². The van der Waals surface area contributed by atoms with E-state index in [2.05, 4.69) is 13.8 Å². The molecule has 1 heteroatoms. The Bertz CT molecular complexity index is 101. The smallest absolute Gasteiger partial charge is 0.0251 e. The Morgan fingerprint density at radius 1 is 0.786 bits per heavy atom. The Hall–Kier alpha value is 0.290. The second-order valence-corrected chi connectivity index (χ2v) is 4.67. The van der Waals surface area contributed by atoms with Gasteiger partial charge in [-0.25, -0.2) is 0 Å². The molecular formula is C13H27Cl. The molecule has 0 amide bonds. The fourth-order valence-corrected chi connectivity index (χ4v) is 2.23. The quantitative estimate of drug-likeness (QED) is 0.341. The molecule has 0 rings (SSSR count). The maximum atomic E-state index is 5.91. The van der Waals surface area contributed by atoms with Crippen LogP contribution in [-0.2, 0) is 0 Å². The van der Waals surface area contributed by atoms with Gasteiger partial charge >= 0.3 is 0 Å². The molecule has 0 aromatic heterocycles. The average Bonchev–Trinajstić information content (AvgIpc) is 2.21. The van der Waals surface area contributed by atoms with Gasteiger partial charge in [-0.15, -0.1) is 11.6 Å². The molecule has 0 radical (unpaired) electrons. The third-order valence-corrected chi connectivity index (χ3v) is 3.32. The van der Waals surface area contributed by atoms with Crippen LogP contribution in [0.15, 0.2) is 0 Å². The average molecular weight is 219 g/mol. The van der Waals surface area contributed by atoms with E-state index in [0.717, 1.165) is 11.8 Å². The number of halogens is 1. The standard InChI is InChI=1S/C13H27Cl/c1-3-5-6-7-8-9-11-13(12-14)10-4-2/h13H,3-12H2,1-2H3. The Kier molecular flexibility index (Phi) is 11.6. The summed E-state index contributed by atoms with van der Waals surface area (Å²) in [6.45, 7) is 4.52. The van der Waals surface area contributed by atoms with Gasteiger partial charge in [0.05, 0.1) is 0 Å². The fourth-order valence-electron chi connectivity index (χ4n) is 1.92. The van der Waals surface area contributed by atoms with Crippen molar-refractivity contribution in [2.75, 3.05) is 5.88 Å². The lowest BCUT2D eigenvalue weighted by molar-refractivity contribution is 0.456. The number of unbranched alkanes of at least 4 members (excludes halogenated alkanes) is 5. The Labute approximate surface area is 95.4 Å². The minimum absolute atomic E-state index is 0.785. The summed E-state index contributed by atoms with van der Waals surface area (Å²) in [5.74, 6) is 1.65. The minimum atomic E-state index is 0.785. The largest absolute Gasteiger partial charge is 0.126 e. The first-order chi connectivity index (χ1) is 6.85. The van der Waals surface area contributed by atoms with Crippen molar-refractivity contribution in [1.29, 1.82) is 0 Å². The van der Waals surface area contributed by atoms with Gasteiger partial charge in [-0.2, -0.15) is 0 Å². The van der Waals surface area contributed by atoms with Crippen LogP contribution in [0, 0.1) is 5.92 Å². The third kappa shape index (κ3) is 8.87. The molecule has 0 saturated heterocycles. The summed E-state index contributed by atoms with van der Waals surface area (Å²) in [7, 11) is 0. The summed E-state index contributed by atoms with van der Waals surface area (Å²) >= 11 is 5.91. The summed E-state index contributed by atoms with van der Waals surface area (Å²) in [5, 5.41) is 0. The summed E-state index contributed by atoms with van der Waals surface area (Å²) in [6, 6.07) is 0. The van der Waals surface area contributed by atoms with Gasteiger partial charge in [0.1, 0.15) is 0 Å². The van der Waals surface area contributed by atoms with E-state index in [-0.39, 0.29) is 0 Å². The summed E-state index contributed by atoms with van der Waals surface area (Å²) < 4.78 is 0. The molecule has 0 aliphatic rings. The monoisotopic (exact) mass is 218 g/mol. The van der Waals surface area contributed by atoms with Crippen LogP contribution < -0.4 is 0 Å². The van der Waals surface area contributed by atoms with Gasteiger partial charge < -0.3 is 0 Å². The van der Waals surface area contributed by atoms with Gasteiger partial charge in [0.25, 0.3) is 0 Å². The van der Waals surface area contributed by atoms with E-state index in [9.17, 15) is 0 Å². The summed E-state index contributed by atoms with van der Waals surface area (Å²) in [6.07, 6.45) is 12.4. The van der Waals surface area contributed by atoms with E-state index >= 15 is 0 Å². The first kappa shape index (κ1) is 14.3. The molecule has 0 aromatic carbocycles. The zero-order valence-electron chi connectivity index (χ0n) is 10.0. The van der Waals surface area contributed by atoms with Crippen molar-refractivity contribution in [3.8, 4) is 0 Å². The first-order valence-electron chi connectivity index (χ1n) is 6.41. The molecule has 0 spiro atoms. The van der Waals surface area contributed by atoms with Gasteiger partial charge in [-0.3, -0.25) is 0 Å². The lowest BCUT2D eigenvalue weighted by Gasteiger charge is -2.11. The van der Waals surface area contributed by atoms with Crippen LogP contribution in [-0.4, -0.2) is 5.88 Å². The van der Waals surface area contributed by atoms with Crippen LogP contribution >= 0.6 is 11.6 Å². The molecule has 1 atom stereocenters. The maximum absolute atomic E-state index is 5.91. The van der Waals surface area contributed by atoms with Crippen molar-refractivity contribution in [2.45, 2.75) is 71.6 Å². The van der Waals surface area contributed by atoms with Gasteiger partial charge in [-0.1, -0.05) is 58.8 Å². The van der Waals surface area contributed by atoms with Crippen molar-refractivity contribution in [2.24, 2.45) is 5.92 Å². The molecule has 0 aromatic rings. The predicted octanol–water partition coefficient (Wildman–Crippen LogP) is 5.39. The van der Waals surface area contributed by atoms with Crippen LogP contribution in [0.25, 0.3) is 0 Å². The Morgan fingerprint density at radius 3 is 2.00 bits per heavy atom. The molecule has 0 N–H and O–H groups in total. The molecule has 0 aliphatic carbocycles. The van der Waals surface area contributed by atoms with Crippen molar-refractivity contribution < 1.29 is 0 Å². The van der Waals surface area contributed by atoms with Crippen molar-refractivity contribution in [1.82, 2.24) is 0 Å². The third-order valence-electron chi connectivity index (χ3n) is 2.88. The second-order valence-electron chi connectivity index (χ2n) is 4.37. The van der Waals surface area contributed by atoms with Crippen molar-refractivity contribution in [3.05, 3.63) is 0 Å². The number of hydrogen-bond acceptors (Lipinski definition) is 0. The Balaban J connectivity index is 3.15. The van der Waals surface area contributed by atoms with E-state index in [0.29, 0.717) is 0 Å². The highest BCUT2D eigenvalue weighted by Crippen LogP contribution is 2.17. The fraction of sp³-hybridized carbons (Fsp3) is 1.00. The number of rotatable bonds is 10. The van der Waals surface area contributed by atoms with Crippen LogP contribution in [0.1, 0.15) is 71.6 Å². The van der Waals surface area contributed by atoms with Gasteiger partial charge in [-0.05, 0) is 18.8 Å². The summed E-state index contributed by atoms with van der Waals surface area (Å²) in [5.41, 5.74) is 0. The van der Waals surface area contributed by atoms with Gasteiger partial charge in [0.15, 0.2) is 0 Å². The first-order valence-corrected chi connectivity index (χ1v) is 6.94. The van der Waals surface area contributed by atoms with E-state index in [1.165, 1.54) is 57.8 Å². The molecule has 0 fully saturated rings. The zero-order valence-corrected chi connectivity index (χ0v) is 10.8. The summed E-state index contributed by atoms with van der Waals surface area (Å²) in [4.78, 5) is 0. The molecule has 86 valence electrons. The van der Waals surface area contributed by atoms with Gasteiger partial charge in [0.2, 0.25) is 0 Å².